The predicted molar refractivity (Wildman–Crippen MR) is 152 cm³/mol. The van der Waals surface area contributed by atoms with E-state index in [1.54, 1.807) is 4.57 Å². The summed E-state index contributed by atoms with van der Waals surface area (Å²) < 4.78 is 7.76. The average molecular weight is 553 g/mol. The minimum Gasteiger partial charge on any atom is -0.387 e. The molecule has 5 rings (SSSR count). The molecular weight excluding hydrogens is 512 g/mol. The van der Waals surface area contributed by atoms with Crippen LogP contribution in [0.25, 0.3) is 11.2 Å². The van der Waals surface area contributed by atoms with Gasteiger partial charge in [0.15, 0.2) is 17.7 Å². The smallest absolute Gasteiger partial charge is 0.319 e. The van der Waals surface area contributed by atoms with Crippen molar-refractivity contribution < 1.29 is 19.7 Å². The van der Waals surface area contributed by atoms with Crippen LogP contribution in [-0.4, -0.2) is 84.7 Å². The number of aromatic nitrogens is 4. The van der Waals surface area contributed by atoms with Gasteiger partial charge in [-0.3, -0.25) is 9.47 Å². The number of carbonyl (C=O) groups is 1. The molecule has 0 spiro atoms. The second-order valence-electron chi connectivity index (χ2n) is 11.8. The van der Waals surface area contributed by atoms with Crippen LogP contribution in [0, 0.1) is 0 Å². The molecular formula is C28H40N8O4. The molecule has 2 aromatic heterocycles. The van der Waals surface area contributed by atoms with Gasteiger partial charge in [-0.15, -0.1) is 0 Å². The molecule has 1 aliphatic carbocycles. The van der Waals surface area contributed by atoms with Crippen LogP contribution < -0.4 is 16.4 Å². The molecule has 1 saturated carbocycles. The van der Waals surface area contributed by atoms with Crippen molar-refractivity contribution in [2.45, 2.75) is 82.5 Å². The van der Waals surface area contributed by atoms with Crippen LogP contribution in [0.5, 0.6) is 0 Å². The normalized spacial score (nSPS) is 23.4. The van der Waals surface area contributed by atoms with Gasteiger partial charge in [0, 0.05) is 31.4 Å². The van der Waals surface area contributed by atoms with E-state index in [1.807, 2.05) is 24.3 Å². The molecule has 0 radical (unpaired) electrons. The Kier molecular flexibility index (Phi) is 8.22. The molecule has 216 valence electrons. The first-order valence-electron chi connectivity index (χ1n) is 14.0. The number of imidazole rings is 1. The van der Waals surface area contributed by atoms with Crippen molar-refractivity contribution in [1.29, 1.82) is 0 Å². The zero-order valence-corrected chi connectivity index (χ0v) is 23.3. The molecule has 3 aromatic rings. The molecule has 6 N–H and O–H groups in total. The lowest BCUT2D eigenvalue weighted by Gasteiger charge is -2.39. The van der Waals surface area contributed by atoms with E-state index < -0.39 is 24.5 Å². The van der Waals surface area contributed by atoms with E-state index in [-0.39, 0.29) is 17.3 Å². The summed E-state index contributed by atoms with van der Waals surface area (Å²) in [6.45, 7) is 8.18. The van der Waals surface area contributed by atoms with Gasteiger partial charge in [0.1, 0.15) is 30.2 Å². The minimum atomic E-state index is -1.15. The van der Waals surface area contributed by atoms with Gasteiger partial charge >= 0.3 is 6.03 Å². The van der Waals surface area contributed by atoms with E-state index in [9.17, 15) is 15.0 Å². The number of aliphatic hydroxyl groups is 2. The Hall–Kier alpha value is -3.32. The molecule has 0 unspecified atom stereocenters. The number of carbonyl (C=O) groups excluding carboxylic acids is 1. The van der Waals surface area contributed by atoms with Gasteiger partial charge in [-0.2, -0.15) is 0 Å². The van der Waals surface area contributed by atoms with Gasteiger partial charge < -0.3 is 31.3 Å². The molecule has 2 amide bonds. The number of ether oxygens (including phenoxy) is 1. The second kappa shape index (κ2) is 11.7. The molecule has 4 atom stereocenters. The van der Waals surface area contributed by atoms with E-state index >= 15 is 0 Å². The Balaban J connectivity index is 1.13. The van der Waals surface area contributed by atoms with Crippen LogP contribution in [0.2, 0.25) is 0 Å². The highest BCUT2D eigenvalue weighted by Gasteiger charge is 2.45. The lowest BCUT2D eigenvalue weighted by molar-refractivity contribution is -0.0520. The first-order chi connectivity index (χ1) is 19.1. The number of anilines is 2. The first kappa shape index (κ1) is 28.2. The Morgan fingerprint density at radius 2 is 1.90 bits per heavy atom. The lowest BCUT2D eigenvalue weighted by Crippen LogP contribution is -2.48. The van der Waals surface area contributed by atoms with Gasteiger partial charge in [-0.05, 0) is 42.4 Å². The molecule has 40 heavy (non-hydrogen) atoms. The third-order valence-electron chi connectivity index (χ3n) is 7.92. The molecule has 12 nitrogen and oxygen atoms in total. The predicted octanol–water partition coefficient (Wildman–Crippen LogP) is 2.39. The standard InChI is InChI=1S/C28H40N8O4/c1-28(2,3)17-8-10-18(11-9-17)34-27(39)30-12-5-13-35(19-6-4-7-19)14-20-22(37)23(38)26(40-20)36-16-33-21-24(29)31-15-32-25(21)36/h8-11,15-16,19-20,22-23,26,37-38H,4-7,12-14H2,1-3H3,(H2,29,31,32)(H2,30,34,39)/t20-,22+,23-,26-/m1/s1. The third kappa shape index (κ3) is 6.04. The second-order valence-corrected chi connectivity index (χ2v) is 11.8. The van der Waals surface area contributed by atoms with Crippen molar-refractivity contribution in [3.8, 4) is 0 Å². The molecule has 0 bridgehead atoms. The molecule has 1 aliphatic heterocycles. The summed E-state index contributed by atoms with van der Waals surface area (Å²) in [5.41, 5.74) is 8.78. The van der Waals surface area contributed by atoms with E-state index in [2.05, 4.69) is 51.3 Å². The van der Waals surface area contributed by atoms with E-state index in [1.165, 1.54) is 18.2 Å². The summed E-state index contributed by atoms with van der Waals surface area (Å²) in [4.78, 5) is 27.2. The monoisotopic (exact) mass is 552 g/mol. The maximum Gasteiger partial charge on any atom is 0.319 e. The number of nitrogens with zero attached hydrogens (tertiary/aromatic N) is 5. The van der Waals surface area contributed by atoms with Crippen molar-refractivity contribution >= 4 is 28.7 Å². The number of hydrogen-bond donors (Lipinski definition) is 5. The molecule has 1 aromatic carbocycles. The van der Waals surface area contributed by atoms with E-state index in [0.717, 1.165) is 37.9 Å². The number of nitrogens with two attached hydrogens (primary N) is 1. The fourth-order valence-corrected chi connectivity index (χ4v) is 5.28. The number of nitrogens with one attached hydrogen (secondary N) is 2. The summed E-state index contributed by atoms with van der Waals surface area (Å²) in [6, 6.07) is 8.06. The quantitative estimate of drug-likeness (QED) is 0.251. The van der Waals surface area contributed by atoms with Crippen LogP contribution in [0.4, 0.5) is 16.3 Å². The Labute approximate surface area is 234 Å². The number of rotatable bonds is 9. The maximum absolute atomic E-state index is 12.4. The third-order valence-corrected chi connectivity index (χ3v) is 7.92. The fourth-order valence-electron chi connectivity index (χ4n) is 5.28. The molecule has 2 fully saturated rings. The average Bonchev–Trinajstić information content (AvgIpc) is 3.42. The van der Waals surface area contributed by atoms with Gasteiger partial charge in [0.2, 0.25) is 0 Å². The molecule has 12 heteroatoms. The van der Waals surface area contributed by atoms with Gasteiger partial charge in [0.25, 0.3) is 0 Å². The van der Waals surface area contributed by atoms with Crippen molar-refractivity contribution in [2.24, 2.45) is 0 Å². The van der Waals surface area contributed by atoms with E-state index in [4.69, 9.17) is 10.5 Å². The minimum absolute atomic E-state index is 0.0586. The highest BCUT2D eigenvalue weighted by atomic mass is 16.6. The fraction of sp³-hybridized carbons (Fsp3) is 0.571. The number of amides is 2. The van der Waals surface area contributed by atoms with Crippen molar-refractivity contribution in [3.05, 3.63) is 42.5 Å². The van der Waals surface area contributed by atoms with Crippen LogP contribution in [-0.2, 0) is 10.2 Å². The van der Waals surface area contributed by atoms with Crippen molar-refractivity contribution in [1.82, 2.24) is 29.7 Å². The summed E-state index contributed by atoms with van der Waals surface area (Å²) in [7, 11) is 0. The zero-order chi connectivity index (χ0) is 28.4. The van der Waals surface area contributed by atoms with Crippen molar-refractivity contribution in [2.75, 3.05) is 30.7 Å². The highest BCUT2D eigenvalue weighted by molar-refractivity contribution is 5.89. The number of nitrogen functional groups attached to an aromatic ring is 1. The van der Waals surface area contributed by atoms with E-state index in [0.29, 0.717) is 30.3 Å². The lowest BCUT2D eigenvalue weighted by atomic mass is 9.87. The summed E-state index contributed by atoms with van der Waals surface area (Å²) in [5, 5.41) is 27.5. The first-order valence-corrected chi connectivity index (χ1v) is 14.0. The SMILES string of the molecule is CC(C)(C)c1ccc(NC(=O)NCCCN(C[C@H]2O[C@@H](n3cnc4c(N)ncnc43)[C@H](O)[C@H]2O)C2CCC2)cc1. The summed E-state index contributed by atoms with van der Waals surface area (Å²) in [6.07, 6.45) is 3.24. The highest BCUT2D eigenvalue weighted by Crippen LogP contribution is 2.34. The molecule has 2 aliphatic rings. The van der Waals surface area contributed by atoms with Gasteiger partial charge in [0.05, 0.1) is 6.33 Å². The summed E-state index contributed by atoms with van der Waals surface area (Å²) >= 11 is 0. The number of benzene rings is 1. The Bertz CT molecular complexity index is 1300. The van der Waals surface area contributed by atoms with Crippen LogP contribution >= 0.6 is 0 Å². The van der Waals surface area contributed by atoms with Crippen LogP contribution in [0.3, 0.4) is 0 Å². The molecule has 3 heterocycles. The topological polar surface area (TPSA) is 164 Å². The number of aliphatic hydroxyl groups excluding tert-OH is 2. The number of urea groups is 1. The summed E-state index contributed by atoms with van der Waals surface area (Å²) in [5.74, 6) is 0.241. The number of hydrogen-bond acceptors (Lipinski definition) is 9. The van der Waals surface area contributed by atoms with Gasteiger partial charge in [-0.1, -0.05) is 39.3 Å². The molecule has 1 saturated heterocycles. The number of fused-ring (bicyclic) bond motifs is 1. The van der Waals surface area contributed by atoms with Crippen molar-refractivity contribution in [3.63, 3.8) is 0 Å². The van der Waals surface area contributed by atoms with Crippen LogP contribution in [0.15, 0.2) is 36.9 Å². The maximum atomic E-state index is 12.4. The largest absolute Gasteiger partial charge is 0.387 e. The Morgan fingerprint density at radius 1 is 1.15 bits per heavy atom. The van der Waals surface area contributed by atoms with Gasteiger partial charge in [-0.25, -0.2) is 19.7 Å². The Morgan fingerprint density at radius 3 is 2.58 bits per heavy atom. The van der Waals surface area contributed by atoms with Crippen LogP contribution in [0.1, 0.15) is 58.2 Å². The zero-order valence-electron chi connectivity index (χ0n) is 23.3.